The number of piperazine rings is 1. The minimum Gasteiger partial charge on any atom is -0.346 e. The molecule has 1 aromatic carbocycles. The first-order chi connectivity index (χ1) is 9.74. The summed E-state index contributed by atoms with van der Waals surface area (Å²) in [6.45, 7) is 4.19. The molecule has 20 heavy (non-hydrogen) atoms. The molecule has 1 fully saturated rings. The Morgan fingerprint density at radius 3 is 2.70 bits per heavy atom. The Morgan fingerprint density at radius 2 is 2.05 bits per heavy atom. The van der Waals surface area contributed by atoms with Gasteiger partial charge in [-0.05, 0) is 12.1 Å². The molecule has 0 amide bonds. The van der Waals surface area contributed by atoms with Crippen LogP contribution in [-0.4, -0.2) is 36.1 Å². The maximum Gasteiger partial charge on any atom is 0.185 e. The third kappa shape index (κ3) is 2.95. The van der Waals surface area contributed by atoms with Crippen LogP contribution in [0.3, 0.4) is 0 Å². The third-order valence-electron chi connectivity index (χ3n) is 3.51. The van der Waals surface area contributed by atoms with Gasteiger partial charge in [-0.1, -0.05) is 17.7 Å². The molecule has 0 N–H and O–H groups in total. The van der Waals surface area contributed by atoms with Crippen molar-refractivity contribution >= 4 is 28.1 Å². The predicted molar refractivity (Wildman–Crippen MR) is 81.0 cm³/mol. The molecule has 3 rings (SSSR count). The van der Waals surface area contributed by atoms with E-state index in [1.807, 2.05) is 11.6 Å². The first kappa shape index (κ1) is 13.8. The van der Waals surface area contributed by atoms with Crippen molar-refractivity contribution in [1.82, 2.24) is 9.88 Å². The van der Waals surface area contributed by atoms with Gasteiger partial charge < -0.3 is 4.90 Å². The average molecular weight is 312 g/mol. The number of rotatable bonds is 3. The zero-order valence-corrected chi connectivity index (χ0v) is 12.5. The second-order valence-electron chi connectivity index (χ2n) is 4.78. The van der Waals surface area contributed by atoms with E-state index < -0.39 is 0 Å². The number of benzene rings is 1. The van der Waals surface area contributed by atoms with Crippen molar-refractivity contribution in [3.05, 3.63) is 46.2 Å². The topological polar surface area (TPSA) is 19.4 Å². The summed E-state index contributed by atoms with van der Waals surface area (Å²) in [6, 6.07) is 4.85. The zero-order chi connectivity index (χ0) is 13.9. The number of hydrogen-bond donors (Lipinski definition) is 0. The van der Waals surface area contributed by atoms with Gasteiger partial charge in [-0.15, -0.1) is 11.3 Å². The summed E-state index contributed by atoms with van der Waals surface area (Å²) in [5.74, 6) is -0.222. The van der Waals surface area contributed by atoms with Crippen LogP contribution in [0.15, 0.2) is 29.8 Å². The summed E-state index contributed by atoms with van der Waals surface area (Å²) in [5, 5.41) is 3.56. The summed E-state index contributed by atoms with van der Waals surface area (Å²) < 4.78 is 13.8. The second-order valence-corrected chi connectivity index (χ2v) is 6.06. The third-order valence-corrected chi connectivity index (χ3v) is 4.69. The highest BCUT2D eigenvalue weighted by molar-refractivity contribution is 7.13. The van der Waals surface area contributed by atoms with Crippen LogP contribution >= 0.6 is 22.9 Å². The van der Waals surface area contributed by atoms with Crippen molar-refractivity contribution in [2.24, 2.45) is 0 Å². The van der Waals surface area contributed by atoms with Crippen LogP contribution in [0.4, 0.5) is 9.52 Å². The molecule has 0 bridgehead atoms. The van der Waals surface area contributed by atoms with E-state index in [9.17, 15) is 4.39 Å². The van der Waals surface area contributed by atoms with Gasteiger partial charge in [-0.3, -0.25) is 4.90 Å². The standard InChI is InChI=1S/C14H15ClFN3S/c15-12-2-1-3-13(16)11(12)10-18-5-7-19(8-6-18)14-17-4-9-20-14/h1-4,9H,5-8,10H2. The fourth-order valence-corrected chi connectivity index (χ4v) is 3.30. The maximum absolute atomic E-state index is 13.8. The number of aromatic nitrogens is 1. The molecule has 1 aliphatic heterocycles. The molecule has 1 aliphatic rings. The molecule has 0 spiro atoms. The van der Waals surface area contributed by atoms with E-state index in [4.69, 9.17) is 11.6 Å². The molecule has 6 heteroatoms. The SMILES string of the molecule is Fc1cccc(Cl)c1CN1CCN(c2nccs2)CC1. The van der Waals surface area contributed by atoms with Gasteiger partial charge in [0.1, 0.15) is 5.82 Å². The van der Waals surface area contributed by atoms with Gasteiger partial charge >= 0.3 is 0 Å². The monoisotopic (exact) mass is 311 g/mol. The summed E-state index contributed by atoms with van der Waals surface area (Å²) >= 11 is 7.73. The summed E-state index contributed by atoms with van der Waals surface area (Å²) in [5.41, 5.74) is 0.594. The number of thiazole rings is 1. The molecule has 0 saturated carbocycles. The highest BCUT2D eigenvalue weighted by Gasteiger charge is 2.20. The molecule has 2 heterocycles. The molecule has 0 radical (unpaired) electrons. The quantitative estimate of drug-likeness (QED) is 0.867. The number of nitrogens with zero attached hydrogens (tertiary/aromatic N) is 3. The molecular formula is C14H15ClFN3S. The average Bonchev–Trinajstić information content (AvgIpc) is 2.98. The Kier molecular flexibility index (Phi) is 4.19. The van der Waals surface area contributed by atoms with E-state index in [-0.39, 0.29) is 5.82 Å². The van der Waals surface area contributed by atoms with Crippen molar-refractivity contribution in [2.45, 2.75) is 6.54 Å². The van der Waals surface area contributed by atoms with Crippen LogP contribution in [0.5, 0.6) is 0 Å². The smallest absolute Gasteiger partial charge is 0.185 e. The summed E-state index contributed by atoms with van der Waals surface area (Å²) in [7, 11) is 0. The lowest BCUT2D eigenvalue weighted by molar-refractivity contribution is 0.246. The first-order valence-electron chi connectivity index (χ1n) is 6.54. The van der Waals surface area contributed by atoms with Crippen molar-refractivity contribution in [1.29, 1.82) is 0 Å². The number of anilines is 1. The normalized spacial score (nSPS) is 16.6. The van der Waals surface area contributed by atoms with Gasteiger partial charge in [0.25, 0.3) is 0 Å². The van der Waals surface area contributed by atoms with E-state index in [0.717, 1.165) is 31.3 Å². The van der Waals surface area contributed by atoms with Crippen molar-refractivity contribution < 1.29 is 4.39 Å². The second kappa shape index (κ2) is 6.08. The molecule has 106 valence electrons. The molecule has 3 nitrogen and oxygen atoms in total. The lowest BCUT2D eigenvalue weighted by Crippen LogP contribution is -2.46. The first-order valence-corrected chi connectivity index (χ1v) is 7.79. The Morgan fingerprint density at radius 1 is 1.25 bits per heavy atom. The predicted octanol–water partition coefficient (Wildman–Crippen LogP) is 3.26. The van der Waals surface area contributed by atoms with Gasteiger partial charge in [-0.25, -0.2) is 9.37 Å². The Labute approximate surface area is 126 Å². The van der Waals surface area contributed by atoms with E-state index in [1.54, 1.807) is 23.5 Å². The van der Waals surface area contributed by atoms with Crippen LogP contribution in [0.1, 0.15) is 5.56 Å². The van der Waals surface area contributed by atoms with Crippen LogP contribution in [0, 0.1) is 5.82 Å². The van der Waals surface area contributed by atoms with Gasteiger partial charge in [0.2, 0.25) is 0 Å². The minimum absolute atomic E-state index is 0.222. The van der Waals surface area contributed by atoms with Crippen molar-refractivity contribution in [2.75, 3.05) is 31.1 Å². The molecule has 1 aromatic heterocycles. The van der Waals surface area contributed by atoms with Gasteiger partial charge in [0.05, 0.1) is 0 Å². The summed E-state index contributed by atoms with van der Waals surface area (Å²) in [4.78, 5) is 8.82. The van der Waals surface area contributed by atoms with Crippen molar-refractivity contribution in [3.8, 4) is 0 Å². The number of halogens is 2. The molecule has 2 aromatic rings. The van der Waals surface area contributed by atoms with Crippen LogP contribution in [0.25, 0.3) is 0 Å². The Balaban J connectivity index is 1.61. The van der Waals surface area contributed by atoms with Crippen molar-refractivity contribution in [3.63, 3.8) is 0 Å². The molecular weight excluding hydrogens is 297 g/mol. The van der Waals surface area contributed by atoms with Crippen LogP contribution in [0.2, 0.25) is 5.02 Å². The van der Waals surface area contributed by atoms with Gasteiger partial charge in [-0.2, -0.15) is 0 Å². The molecule has 0 atom stereocenters. The van der Waals surface area contributed by atoms with E-state index >= 15 is 0 Å². The zero-order valence-electron chi connectivity index (χ0n) is 10.9. The van der Waals surface area contributed by atoms with Gasteiger partial charge in [0.15, 0.2) is 5.13 Å². The van der Waals surface area contributed by atoms with Crippen LogP contribution < -0.4 is 4.90 Å². The molecule has 1 saturated heterocycles. The molecule has 0 aliphatic carbocycles. The fraction of sp³-hybridized carbons (Fsp3) is 0.357. The largest absolute Gasteiger partial charge is 0.346 e. The van der Waals surface area contributed by atoms with E-state index in [2.05, 4.69) is 14.8 Å². The Hall–Kier alpha value is -1.17. The van der Waals surface area contributed by atoms with E-state index in [0.29, 0.717) is 17.1 Å². The van der Waals surface area contributed by atoms with E-state index in [1.165, 1.54) is 6.07 Å². The fourth-order valence-electron chi connectivity index (χ4n) is 2.38. The van der Waals surface area contributed by atoms with Crippen LogP contribution in [-0.2, 0) is 6.54 Å². The maximum atomic E-state index is 13.8. The minimum atomic E-state index is -0.222. The highest BCUT2D eigenvalue weighted by atomic mass is 35.5. The number of hydrogen-bond acceptors (Lipinski definition) is 4. The lowest BCUT2D eigenvalue weighted by atomic mass is 10.2. The highest BCUT2D eigenvalue weighted by Crippen LogP contribution is 2.23. The Bertz CT molecular complexity index is 548. The summed E-state index contributed by atoms with van der Waals surface area (Å²) in [6.07, 6.45) is 1.82. The van der Waals surface area contributed by atoms with Gasteiger partial charge in [0, 0.05) is 54.9 Å². The molecule has 0 unspecified atom stereocenters. The lowest BCUT2D eigenvalue weighted by Gasteiger charge is -2.34.